The van der Waals surface area contributed by atoms with E-state index in [1.165, 1.54) is 14.2 Å². The van der Waals surface area contributed by atoms with Crippen molar-refractivity contribution < 1.29 is 29.2 Å². The molecule has 0 heterocycles. The summed E-state index contributed by atoms with van der Waals surface area (Å²) in [5.74, 6) is -0.0864. The minimum Gasteiger partial charge on any atom is -0.497 e. The van der Waals surface area contributed by atoms with Crippen LogP contribution in [0.4, 0.5) is 0 Å². The van der Waals surface area contributed by atoms with E-state index in [9.17, 15) is 9.90 Å². The fraction of sp³-hybridized carbons (Fsp3) is 0.417. The molecule has 6 nitrogen and oxygen atoms in total. The monoisotopic (exact) mass is 334 g/mol. The molecular weight excluding hydrogens is 320 g/mol. The first-order valence-corrected chi connectivity index (χ1v) is 6.18. The van der Waals surface area contributed by atoms with Gasteiger partial charge in [-0.05, 0) is 6.07 Å². The first-order chi connectivity index (χ1) is 8.99. The standard InChI is InChI=1S/C12H15BrO6/c1-17-7-3-8(13)12(10(4-7)18-2)9(14)5-19-6-11(15)16/h3-4,9,14H,5-6H2,1-2H3,(H,15,16). The van der Waals surface area contributed by atoms with Crippen molar-refractivity contribution in [2.24, 2.45) is 0 Å². The summed E-state index contributed by atoms with van der Waals surface area (Å²) in [6, 6.07) is 3.30. The molecule has 0 spiro atoms. The molecule has 2 N–H and O–H groups in total. The zero-order valence-electron chi connectivity index (χ0n) is 10.6. The van der Waals surface area contributed by atoms with Crippen LogP contribution in [0, 0.1) is 0 Å². The summed E-state index contributed by atoms with van der Waals surface area (Å²) in [5, 5.41) is 18.5. The van der Waals surface area contributed by atoms with Crippen molar-refractivity contribution in [3.05, 3.63) is 22.2 Å². The number of methoxy groups -OCH3 is 2. The summed E-state index contributed by atoms with van der Waals surface area (Å²) in [6.07, 6.45) is -1.01. The van der Waals surface area contributed by atoms with Crippen molar-refractivity contribution in [3.8, 4) is 11.5 Å². The number of carbonyl (C=O) groups is 1. The van der Waals surface area contributed by atoms with Gasteiger partial charge in [0, 0.05) is 16.1 Å². The molecule has 0 amide bonds. The van der Waals surface area contributed by atoms with Gasteiger partial charge in [0.2, 0.25) is 0 Å². The van der Waals surface area contributed by atoms with Crippen molar-refractivity contribution in [1.29, 1.82) is 0 Å². The van der Waals surface area contributed by atoms with Crippen LogP contribution in [0.3, 0.4) is 0 Å². The highest BCUT2D eigenvalue weighted by Crippen LogP contribution is 2.36. The Bertz CT molecular complexity index is 448. The van der Waals surface area contributed by atoms with E-state index in [1.54, 1.807) is 12.1 Å². The summed E-state index contributed by atoms with van der Waals surface area (Å²) in [7, 11) is 2.99. The van der Waals surface area contributed by atoms with Gasteiger partial charge >= 0.3 is 5.97 Å². The average Bonchev–Trinajstić information content (AvgIpc) is 2.36. The predicted octanol–water partition coefficient (Wildman–Crippen LogP) is 1.60. The van der Waals surface area contributed by atoms with Gasteiger partial charge in [-0.2, -0.15) is 0 Å². The largest absolute Gasteiger partial charge is 0.497 e. The van der Waals surface area contributed by atoms with Crippen molar-refractivity contribution in [2.75, 3.05) is 27.4 Å². The number of hydrogen-bond acceptors (Lipinski definition) is 5. The zero-order valence-corrected chi connectivity index (χ0v) is 12.1. The Kier molecular flexibility index (Phi) is 6.07. The quantitative estimate of drug-likeness (QED) is 0.787. The lowest BCUT2D eigenvalue weighted by Gasteiger charge is -2.17. The molecule has 1 aromatic rings. The number of aliphatic hydroxyl groups excluding tert-OH is 1. The molecule has 0 aliphatic carbocycles. The molecule has 0 aliphatic heterocycles. The van der Waals surface area contributed by atoms with Crippen LogP contribution in [0.5, 0.6) is 11.5 Å². The van der Waals surface area contributed by atoms with Crippen molar-refractivity contribution >= 4 is 21.9 Å². The highest BCUT2D eigenvalue weighted by atomic mass is 79.9. The Morgan fingerprint density at radius 3 is 2.58 bits per heavy atom. The lowest BCUT2D eigenvalue weighted by Crippen LogP contribution is -2.14. The lowest BCUT2D eigenvalue weighted by molar-refractivity contribution is -0.143. The van der Waals surface area contributed by atoms with Crippen LogP contribution in [0.25, 0.3) is 0 Å². The van der Waals surface area contributed by atoms with E-state index < -0.39 is 18.7 Å². The Morgan fingerprint density at radius 2 is 2.05 bits per heavy atom. The number of benzene rings is 1. The molecule has 106 valence electrons. The average molecular weight is 335 g/mol. The molecule has 19 heavy (non-hydrogen) atoms. The number of aliphatic carboxylic acids is 1. The van der Waals surface area contributed by atoms with E-state index in [2.05, 4.69) is 15.9 Å². The van der Waals surface area contributed by atoms with Gasteiger partial charge in [-0.15, -0.1) is 0 Å². The maximum absolute atomic E-state index is 10.3. The third-order valence-corrected chi connectivity index (χ3v) is 3.01. The van der Waals surface area contributed by atoms with E-state index in [4.69, 9.17) is 19.3 Å². The van der Waals surface area contributed by atoms with Crippen LogP contribution in [0.2, 0.25) is 0 Å². The molecule has 0 saturated heterocycles. The van der Waals surface area contributed by atoms with Crippen LogP contribution in [0.15, 0.2) is 16.6 Å². The third kappa shape index (κ3) is 4.38. The number of carboxylic acid groups (broad SMARTS) is 1. The van der Waals surface area contributed by atoms with Gasteiger partial charge in [-0.3, -0.25) is 0 Å². The number of halogens is 1. The number of aliphatic hydroxyl groups is 1. The van der Waals surface area contributed by atoms with Crippen molar-refractivity contribution in [1.82, 2.24) is 0 Å². The van der Waals surface area contributed by atoms with Crippen molar-refractivity contribution in [3.63, 3.8) is 0 Å². The molecule has 0 saturated carbocycles. The molecule has 1 atom stereocenters. The van der Waals surface area contributed by atoms with Crippen molar-refractivity contribution in [2.45, 2.75) is 6.10 Å². The second-order valence-corrected chi connectivity index (χ2v) is 4.50. The first kappa shape index (κ1) is 15.7. The third-order valence-electron chi connectivity index (χ3n) is 2.36. The first-order valence-electron chi connectivity index (χ1n) is 5.38. The molecule has 1 rings (SSSR count). The molecule has 0 aliphatic rings. The van der Waals surface area contributed by atoms with Gasteiger partial charge in [0.15, 0.2) is 0 Å². The summed E-state index contributed by atoms with van der Waals surface area (Å²) < 4.78 is 15.7. The van der Waals surface area contributed by atoms with Gasteiger partial charge in [-0.25, -0.2) is 4.79 Å². The van der Waals surface area contributed by atoms with Gasteiger partial charge < -0.3 is 24.4 Å². The molecule has 0 bridgehead atoms. The van der Waals surface area contributed by atoms with Gasteiger partial charge in [0.05, 0.1) is 20.8 Å². The Morgan fingerprint density at radius 1 is 1.37 bits per heavy atom. The maximum Gasteiger partial charge on any atom is 0.329 e. The summed E-state index contributed by atoms with van der Waals surface area (Å²) in [4.78, 5) is 10.3. The number of carboxylic acids is 1. The SMILES string of the molecule is COc1cc(Br)c(C(O)COCC(=O)O)c(OC)c1. The van der Waals surface area contributed by atoms with Gasteiger partial charge in [0.1, 0.15) is 24.2 Å². The summed E-state index contributed by atoms with van der Waals surface area (Å²) >= 11 is 3.31. The molecule has 7 heteroatoms. The fourth-order valence-corrected chi connectivity index (χ4v) is 2.21. The van der Waals surface area contributed by atoms with E-state index in [0.717, 1.165) is 0 Å². The summed E-state index contributed by atoms with van der Waals surface area (Å²) in [5.41, 5.74) is 0.480. The van der Waals surface area contributed by atoms with E-state index in [-0.39, 0.29) is 6.61 Å². The fourth-order valence-electron chi connectivity index (χ4n) is 1.52. The number of hydrogen-bond donors (Lipinski definition) is 2. The van der Waals surface area contributed by atoms with Gasteiger partial charge in [0.25, 0.3) is 0 Å². The van der Waals surface area contributed by atoms with Crippen LogP contribution in [0.1, 0.15) is 11.7 Å². The van der Waals surface area contributed by atoms with E-state index in [0.29, 0.717) is 21.5 Å². The minimum atomic E-state index is -1.09. The normalized spacial score (nSPS) is 12.0. The van der Waals surface area contributed by atoms with Crippen LogP contribution in [-0.2, 0) is 9.53 Å². The maximum atomic E-state index is 10.3. The molecule has 0 fully saturated rings. The highest BCUT2D eigenvalue weighted by Gasteiger charge is 2.19. The summed E-state index contributed by atoms with van der Waals surface area (Å²) in [6.45, 7) is -0.610. The Labute approximate surface area is 119 Å². The second kappa shape index (κ2) is 7.32. The smallest absolute Gasteiger partial charge is 0.329 e. The minimum absolute atomic E-state index is 0.145. The lowest BCUT2D eigenvalue weighted by atomic mass is 10.1. The van der Waals surface area contributed by atoms with E-state index in [1.807, 2.05) is 0 Å². The molecule has 0 aromatic heterocycles. The highest BCUT2D eigenvalue weighted by molar-refractivity contribution is 9.10. The number of ether oxygens (including phenoxy) is 3. The van der Waals surface area contributed by atoms with Gasteiger partial charge in [-0.1, -0.05) is 15.9 Å². The van der Waals surface area contributed by atoms with Crippen LogP contribution >= 0.6 is 15.9 Å². The van der Waals surface area contributed by atoms with Crippen LogP contribution < -0.4 is 9.47 Å². The van der Waals surface area contributed by atoms with E-state index >= 15 is 0 Å². The molecule has 1 unspecified atom stereocenters. The second-order valence-electron chi connectivity index (χ2n) is 3.65. The molecular formula is C12H15BrO6. The Hall–Kier alpha value is -1.31. The zero-order chi connectivity index (χ0) is 14.4. The number of rotatable bonds is 7. The molecule has 0 radical (unpaired) electrons. The van der Waals surface area contributed by atoms with Crippen LogP contribution in [-0.4, -0.2) is 43.6 Å². The Balaban J connectivity index is 2.88. The topological polar surface area (TPSA) is 85.2 Å². The molecule has 1 aromatic carbocycles. The predicted molar refractivity (Wildman–Crippen MR) is 70.7 cm³/mol.